The lowest BCUT2D eigenvalue weighted by Gasteiger charge is -2.37. The Kier molecular flexibility index (Phi) is 8.81. The van der Waals surface area contributed by atoms with E-state index in [0.29, 0.717) is 32.3 Å². The van der Waals surface area contributed by atoms with Crippen molar-refractivity contribution >= 4 is 11.8 Å². The zero-order chi connectivity index (χ0) is 18.9. The number of piperazine rings is 1. The molecule has 0 bridgehead atoms. The van der Waals surface area contributed by atoms with Gasteiger partial charge in [-0.05, 0) is 31.6 Å². The highest BCUT2D eigenvalue weighted by molar-refractivity contribution is 5.78. The number of amides is 2. The predicted molar refractivity (Wildman–Crippen MR) is 102 cm³/mol. The third-order valence-corrected chi connectivity index (χ3v) is 5.75. The van der Waals surface area contributed by atoms with Crippen LogP contribution in [0.4, 0.5) is 0 Å². The molecule has 150 valence electrons. The molecular formula is C19H36N4O3. The van der Waals surface area contributed by atoms with Gasteiger partial charge in [-0.3, -0.25) is 19.4 Å². The molecule has 1 saturated carbocycles. The zero-order valence-electron chi connectivity index (χ0n) is 16.7. The first-order valence-electron chi connectivity index (χ1n) is 9.95. The summed E-state index contributed by atoms with van der Waals surface area (Å²) in [5, 5.41) is 2.85. The molecule has 7 heteroatoms. The van der Waals surface area contributed by atoms with Crippen LogP contribution in [0.5, 0.6) is 0 Å². The molecule has 2 rings (SSSR count). The van der Waals surface area contributed by atoms with Crippen molar-refractivity contribution in [3.05, 3.63) is 0 Å². The maximum atomic E-state index is 12.6. The van der Waals surface area contributed by atoms with Crippen molar-refractivity contribution in [3.8, 4) is 0 Å². The minimum absolute atomic E-state index is 0.0397. The fourth-order valence-electron chi connectivity index (χ4n) is 3.79. The minimum atomic E-state index is 0.0397. The number of rotatable bonds is 8. The second kappa shape index (κ2) is 10.8. The summed E-state index contributed by atoms with van der Waals surface area (Å²) >= 11 is 0. The number of carbonyl (C=O) groups is 2. The van der Waals surface area contributed by atoms with E-state index in [9.17, 15) is 9.59 Å². The van der Waals surface area contributed by atoms with E-state index >= 15 is 0 Å². The first-order valence-corrected chi connectivity index (χ1v) is 9.95. The van der Waals surface area contributed by atoms with E-state index < -0.39 is 0 Å². The highest BCUT2D eigenvalue weighted by Gasteiger charge is 2.27. The number of hydrogen-bond donors (Lipinski definition) is 1. The first-order chi connectivity index (χ1) is 12.5. The second-order valence-electron chi connectivity index (χ2n) is 7.81. The van der Waals surface area contributed by atoms with Gasteiger partial charge in [0.1, 0.15) is 0 Å². The summed E-state index contributed by atoms with van der Waals surface area (Å²) in [6.07, 6.45) is 4.73. The lowest BCUT2D eigenvalue weighted by atomic mass is 9.87. The second-order valence-corrected chi connectivity index (χ2v) is 7.81. The van der Waals surface area contributed by atoms with Crippen LogP contribution in [0.2, 0.25) is 0 Å². The van der Waals surface area contributed by atoms with E-state index in [-0.39, 0.29) is 11.8 Å². The normalized spacial score (nSPS) is 25.0. The average molecular weight is 369 g/mol. The van der Waals surface area contributed by atoms with Crippen molar-refractivity contribution in [3.63, 3.8) is 0 Å². The average Bonchev–Trinajstić information content (AvgIpc) is 2.63. The van der Waals surface area contributed by atoms with E-state index in [0.717, 1.165) is 44.9 Å². The molecule has 1 aliphatic carbocycles. The van der Waals surface area contributed by atoms with Crippen LogP contribution in [-0.4, -0.2) is 99.1 Å². The Balaban J connectivity index is 1.64. The molecule has 0 spiro atoms. The fraction of sp³-hybridized carbons (Fsp3) is 0.895. The van der Waals surface area contributed by atoms with E-state index in [1.807, 2.05) is 11.9 Å². The smallest absolute Gasteiger partial charge is 0.236 e. The minimum Gasteiger partial charge on any atom is -0.383 e. The lowest BCUT2D eigenvalue weighted by molar-refractivity contribution is -0.134. The highest BCUT2D eigenvalue weighted by atomic mass is 16.5. The van der Waals surface area contributed by atoms with Gasteiger partial charge in [0.25, 0.3) is 0 Å². The standard InChI is InChI=1S/C19H36N4O3/c1-16-4-6-17(7-5-16)21(2)19(25)15-23-11-9-22(10-12-23)14-18(24)20-8-13-26-3/h16-17H,4-15H2,1-3H3,(H,20,24). The highest BCUT2D eigenvalue weighted by Crippen LogP contribution is 2.26. The maximum absolute atomic E-state index is 12.6. The van der Waals surface area contributed by atoms with Crippen LogP contribution in [0.25, 0.3) is 0 Å². The summed E-state index contributed by atoms with van der Waals surface area (Å²) in [6, 6.07) is 0.413. The van der Waals surface area contributed by atoms with Crippen molar-refractivity contribution in [2.45, 2.75) is 38.6 Å². The van der Waals surface area contributed by atoms with Crippen LogP contribution < -0.4 is 5.32 Å². The van der Waals surface area contributed by atoms with Gasteiger partial charge in [-0.25, -0.2) is 0 Å². The molecule has 0 aromatic carbocycles. The summed E-state index contributed by atoms with van der Waals surface area (Å²) in [7, 11) is 3.59. The molecular weight excluding hydrogens is 332 g/mol. The zero-order valence-corrected chi connectivity index (χ0v) is 16.7. The fourth-order valence-corrected chi connectivity index (χ4v) is 3.79. The molecule has 0 radical (unpaired) electrons. The number of hydrogen-bond acceptors (Lipinski definition) is 5. The van der Waals surface area contributed by atoms with Gasteiger partial charge in [-0.15, -0.1) is 0 Å². The molecule has 0 aromatic rings. The maximum Gasteiger partial charge on any atom is 0.236 e. The molecule has 2 aliphatic rings. The molecule has 1 N–H and O–H groups in total. The third-order valence-electron chi connectivity index (χ3n) is 5.75. The molecule has 1 heterocycles. The molecule has 0 unspecified atom stereocenters. The van der Waals surface area contributed by atoms with Crippen molar-refractivity contribution in [1.82, 2.24) is 20.0 Å². The Morgan fingerprint density at radius 3 is 2.19 bits per heavy atom. The predicted octanol–water partition coefficient (Wildman–Crippen LogP) is 0.404. The van der Waals surface area contributed by atoms with Gasteiger partial charge >= 0.3 is 0 Å². The van der Waals surface area contributed by atoms with Crippen LogP contribution in [0.1, 0.15) is 32.6 Å². The number of likely N-dealkylation sites (N-methyl/N-ethyl adjacent to an activating group) is 1. The van der Waals surface area contributed by atoms with Gasteiger partial charge in [0, 0.05) is 52.9 Å². The van der Waals surface area contributed by atoms with Crippen molar-refractivity contribution in [2.24, 2.45) is 5.92 Å². The van der Waals surface area contributed by atoms with E-state index in [2.05, 4.69) is 22.0 Å². The molecule has 0 atom stereocenters. The molecule has 7 nitrogen and oxygen atoms in total. The summed E-state index contributed by atoms with van der Waals surface area (Å²) in [5.41, 5.74) is 0. The van der Waals surface area contributed by atoms with Crippen molar-refractivity contribution in [2.75, 3.05) is 66.6 Å². The Bertz CT molecular complexity index is 444. The Hall–Kier alpha value is -1.18. The van der Waals surface area contributed by atoms with Crippen LogP contribution in [0.15, 0.2) is 0 Å². The van der Waals surface area contributed by atoms with Crippen LogP contribution >= 0.6 is 0 Å². The van der Waals surface area contributed by atoms with Crippen molar-refractivity contribution in [1.29, 1.82) is 0 Å². The van der Waals surface area contributed by atoms with E-state index in [4.69, 9.17) is 4.74 Å². The first kappa shape index (κ1) is 21.1. The summed E-state index contributed by atoms with van der Waals surface area (Å²) in [6.45, 7) is 7.65. The lowest BCUT2D eigenvalue weighted by Crippen LogP contribution is -2.52. The van der Waals surface area contributed by atoms with Gasteiger partial charge in [-0.1, -0.05) is 6.92 Å². The van der Waals surface area contributed by atoms with E-state index in [1.54, 1.807) is 7.11 Å². The molecule has 2 fully saturated rings. The summed E-state index contributed by atoms with van der Waals surface area (Å²) in [4.78, 5) is 30.8. The van der Waals surface area contributed by atoms with Crippen molar-refractivity contribution < 1.29 is 14.3 Å². The largest absolute Gasteiger partial charge is 0.383 e. The van der Waals surface area contributed by atoms with Gasteiger partial charge in [-0.2, -0.15) is 0 Å². The Morgan fingerprint density at radius 2 is 1.62 bits per heavy atom. The molecule has 2 amide bonds. The molecule has 26 heavy (non-hydrogen) atoms. The quantitative estimate of drug-likeness (QED) is 0.629. The van der Waals surface area contributed by atoms with Gasteiger partial charge in [0.15, 0.2) is 0 Å². The van der Waals surface area contributed by atoms with Crippen LogP contribution in [0, 0.1) is 5.92 Å². The summed E-state index contributed by atoms with van der Waals surface area (Å²) < 4.78 is 4.93. The molecule has 1 aliphatic heterocycles. The number of methoxy groups -OCH3 is 1. The Morgan fingerprint density at radius 1 is 1.04 bits per heavy atom. The van der Waals surface area contributed by atoms with Gasteiger partial charge in [0.2, 0.25) is 11.8 Å². The van der Waals surface area contributed by atoms with Crippen LogP contribution in [0.3, 0.4) is 0 Å². The number of carbonyl (C=O) groups excluding carboxylic acids is 2. The summed E-state index contributed by atoms with van der Waals surface area (Å²) in [5.74, 6) is 1.07. The van der Waals surface area contributed by atoms with Crippen LogP contribution in [-0.2, 0) is 14.3 Å². The van der Waals surface area contributed by atoms with Gasteiger partial charge < -0.3 is 15.0 Å². The SMILES string of the molecule is COCCNC(=O)CN1CCN(CC(=O)N(C)C2CCC(C)CC2)CC1. The number of ether oxygens (including phenoxy) is 1. The molecule has 1 saturated heterocycles. The third kappa shape index (κ3) is 6.85. The number of nitrogens with one attached hydrogen (secondary N) is 1. The van der Waals surface area contributed by atoms with Gasteiger partial charge in [0.05, 0.1) is 19.7 Å². The number of nitrogens with zero attached hydrogens (tertiary/aromatic N) is 3. The van der Waals surface area contributed by atoms with E-state index in [1.165, 1.54) is 12.8 Å². The topological polar surface area (TPSA) is 65.1 Å². The monoisotopic (exact) mass is 368 g/mol. The molecule has 0 aromatic heterocycles. The Labute approximate surface area is 158 Å².